The lowest BCUT2D eigenvalue weighted by molar-refractivity contribution is 0.191. The average molecular weight is 329 g/mol. The Labute approximate surface area is 98.6 Å². The van der Waals surface area contributed by atoms with Gasteiger partial charge in [0.2, 0.25) is 0 Å². The van der Waals surface area contributed by atoms with Crippen LogP contribution < -0.4 is 5.32 Å². The van der Waals surface area contributed by atoms with Gasteiger partial charge in [0.25, 0.3) is 0 Å². The van der Waals surface area contributed by atoms with E-state index < -0.39 is 0 Å². The maximum atomic E-state index is 9.01. The highest BCUT2D eigenvalue weighted by atomic mass is 79.9. The van der Waals surface area contributed by atoms with Crippen molar-refractivity contribution in [1.29, 1.82) is 0 Å². The van der Waals surface area contributed by atoms with Gasteiger partial charge in [0.05, 0.1) is 9.89 Å². The Morgan fingerprint density at radius 2 is 2.31 bits per heavy atom. The van der Waals surface area contributed by atoms with E-state index in [1.54, 1.807) is 18.3 Å². The van der Waals surface area contributed by atoms with Crippen LogP contribution in [-0.2, 0) is 6.54 Å². The van der Waals surface area contributed by atoms with Crippen molar-refractivity contribution in [3.8, 4) is 0 Å². The summed E-state index contributed by atoms with van der Waals surface area (Å²) in [6.45, 7) is 3.21. The molecule has 1 atom stereocenters. The molecule has 0 spiro atoms. The van der Waals surface area contributed by atoms with E-state index in [0.717, 1.165) is 14.8 Å². The minimum atomic E-state index is -0.285. The fourth-order valence-corrected chi connectivity index (χ4v) is 3.03. The minimum absolute atomic E-state index is 0.285. The molecule has 1 heterocycles. The molecule has 0 saturated carbocycles. The fraction of sp³-hybridized carbons (Fsp3) is 0.500. The van der Waals surface area contributed by atoms with Crippen LogP contribution in [0.25, 0.3) is 0 Å². The first-order valence-corrected chi connectivity index (χ1v) is 6.32. The van der Waals surface area contributed by atoms with E-state index in [4.69, 9.17) is 5.11 Å². The van der Waals surface area contributed by atoms with Crippen molar-refractivity contribution in [2.24, 2.45) is 0 Å². The van der Waals surface area contributed by atoms with Crippen LogP contribution in [0.1, 0.15) is 11.8 Å². The van der Waals surface area contributed by atoms with Gasteiger partial charge in [-0.05, 0) is 44.8 Å². The van der Waals surface area contributed by atoms with Crippen molar-refractivity contribution in [1.82, 2.24) is 5.32 Å². The van der Waals surface area contributed by atoms with Gasteiger partial charge in [-0.15, -0.1) is 11.3 Å². The molecule has 1 rings (SSSR count). The van der Waals surface area contributed by atoms with Crippen LogP contribution in [0.15, 0.2) is 14.3 Å². The lowest BCUT2D eigenvalue weighted by atomic mass is 10.4. The van der Waals surface area contributed by atoms with Crippen LogP contribution >= 0.6 is 43.2 Å². The Bertz CT molecular complexity index is 256. The monoisotopic (exact) mass is 327 g/mol. The number of aliphatic hydroxyl groups excluding tert-OH is 1. The molecule has 74 valence electrons. The summed E-state index contributed by atoms with van der Waals surface area (Å²) >= 11 is 8.55. The highest BCUT2D eigenvalue weighted by molar-refractivity contribution is 9.13. The van der Waals surface area contributed by atoms with Gasteiger partial charge in [-0.25, -0.2) is 0 Å². The summed E-state index contributed by atoms with van der Waals surface area (Å²) < 4.78 is 2.20. The second-order valence-electron chi connectivity index (χ2n) is 2.81. The summed E-state index contributed by atoms with van der Waals surface area (Å²) in [5.41, 5.74) is 0. The van der Waals surface area contributed by atoms with E-state index in [-0.39, 0.29) is 6.10 Å². The smallest absolute Gasteiger partial charge is 0.0843 e. The van der Waals surface area contributed by atoms with Gasteiger partial charge < -0.3 is 10.4 Å². The topological polar surface area (TPSA) is 32.3 Å². The van der Waals surface area contributed by atoms with E-state index >= 15 is 0 Å². The summed E-state index contributed by atoms with van der Waals surface area (Å²) in [4.78, 5) is 1.25. The lowest BCUT2D eigenvalue weighted by Crippen LogP contribution is -2.23. The molecular formula is C8H11Br2NOS. The summed E-state index contributed by atoms with van der Waals surface area (Å²) in [6, 6.07) is 2.07. The van der Waals surface area contributed by atoms with Crippen molar-refractivity contribution in [2.45, 2.75) is 19.6 Å². The van der Waals surface area contributed by atoms with E-state index in [9.17, 15) is 0 Å². The molecule has 2 nitrogen and oxygen atoms in total. The molecule has 1 unspecified atom stereocenters. The third-order valence-corrected chi connectivity index (χ3v) is 4.69. The molecule has 0 aromatic carbocycles. The first-order chi connectivity index (χ1) is 6.09. The Morgan fingerprint density at radius 3 is 2.77 bits per heavy atom. The second kappa shape index (κ2) is 5.46. The summed E-state index contributed by atoms with van der Waals surface area (Å²) in [7, 11) is 0. The SMILES string of the molecule is CC(O)CNCc1cc(Br)c(Br)s1. The number of thiophene rings is 1. The van der Waals surface area contributed by atoms with Crippen LogP contribution in [-0.4, -0.2) is 17.8 Å². The standard InChI is InChI=1S/C8H11Br2NOS/c1-5(12)3-11-4-6-2-7(9)8(10)13-6/h2,5,11-12H,3-4H2,1H3. The molecule has 5 heteroatoms. The van der Waals surface area contributed by atoms with Crippen LogP contribution in [0.2, 0.25) is 0 Å². The van der Waals surface area contributed by atoms with Crippen molar-refractivity contribution in [3.63, 3.8) is 0 Å². The van der Waals surface area contributed by atoms with Crippen LogP contribution in [0.5, 0.6) is 0 Å². The van der Waals surface area contributed by atoms with Gasteiger partial charge in [0.15, 0.2) is 0 Å². The molecule has 13 heavy (non-hydrogen) atoms. The zero-order valence-corrected chi connectivity index (χ0v) is 11.2. The normalized spacial score (nSPS) is 13.2. The molecule has 2 N–H and O–H groups in total. The van der Waals surface area contributed by atoms with Gasteiger partial charge in [0.1, 0.15) is 0 Å². The fourth-order valence-electron chi connectivity index (χ4n) is 0.883. The van der Waals surface area contributed by atoms with Crippen LogP contribution in [0.4, 0.5) is 0 Å². The van der Waals surface area contributed by atoms with Crippen molar-refractivity contribution >= 4 is 43.2 Å². The van der Waals surface area contributed by atoms with Crippen molar-refractivity contribution in [2.75, 3.05) is 6.54 Å². The van der Waals surface area contributed by atoms with Crippen LogP contribution in [0, 0.1) is 0 Å². The van der Waals surface area contributed by atoms with Gasteiger partial charge in [-0.1, -0.05) is 0 Å². The second-order valence-corrected chi connectivity index (χ2v) is 6.12. The number of hydrogen-bond acceptors (Lipinski definition) is 3. The Morgan fingerprint density at radius 1 is 1.62 bits per heavy atom. The molecule has 0 saturated heterocycles. The predicted molar refractivity (Wildman–Crippen MR) is 63.1 cm³/mol. The van der Waals surface area contributed by atoms with Gasteiger partial charge in [0, 0.05) is 22.4 Å². The first-order valence-electron chi connectivity index (χ1n) is 3.92. The van der Waals surface area contributed by atoms with Gasteiger partial charge in [-0.3, -0.25) is 0 Å². The summed E-state index contributed by atoms with van der Waals surface area (Å²) in [5, 5.41) is 12.2. The molecule has 0 fully saturated rings. The quantitative estimate of drug-likeness (QED) is 0.890. The third-order valence-electron chi connectivity index (χ3n) is 1.44. The van der Waals surface area contributed by atoms with Gasteiger partial charge >= 0.3 is 0 Å². The molecule has 0 bridgehead atoms. The maximum absolute atomic E-state index is 9.01. The number of nitrogens with one attached hydrogen (secondary N) is 1. The van der Waals surface area contributed by atoms with E-state index in [2.05, 4.69) is 43.2 Å². The predicted octanol–water partition coefficient (Wildman–Crippen LogP) is 2.74. The summed E-state index contributed by atoms with van der Waals surface area (Å²) in [5.74, 6) is 0. The van der Waals surface area contributed by atoms with E-state index in [0.29, 0.717) is 6.54 Å². The molecule has 0 radical (unpaired) electrons. The maximum Gasteiger partial charge on any atom is 0.0843 e. The number of halogens is 2. The van der Waals surface area contributed by atoms with Gasteiger partial charge in [-0.2, -0.15) is 0 Å². The zero-order chi connectivity index (χ0) is 9.84. The number of hydrogen-bond donors (Lipinski definition) is 2. The molecule has 1 aromatic rings. The molecule has 0 aliphatic rings. The van der Waals surface area contributed by atoms with E-state index in [1.807, 2.05) is 0 Å². The highest BCUT2D eigenvalue weighted by Crippen LogP contribution is 2.32. The third kappa shape index (κ3) is 4.08. The molecule has 1 aromatic heterocycles. The molecule has 0 aliphatic carbocycles. The van der Waals surface area contributed by atoms with Crippen molar-refractivity contribution < 1.29 is 5.11 Å². The van der Waals surface area contributed by atoms with E-state index in [1.165, 1.54) is 4.88 Å². The average Bonchev–Trinajstić information content (AvgIpc) is 2.30. The van der Waals surface area contributed by atoms with Crippen molar-refractivity contribution in [3.05, 3.63) is 19.2 Å². The molecular weight excluding hydrogens is 318 g/mol. The first kappa shape index (κ1) is 11.7. The Kier molecular flexibility index (Phi) is 4.89. The lowest BCUT2D eigenvalue weighted by Gasteiger charge is -2.04. The largest absolute Gasteiger partial charge is 0.392 e. The molecule has 0 aliphatic heterocycles. The Hall–Kier alpha value is 0.580. The minimum Gasteiger partial charge on any atom is -0.392 e. The van der Waals surface area contributed by atoms with Crippen LogP contribution in [0.3, 0.4) is 0 Å². The highest BCUT2D eigenvalue weighted by Gasteiger charge is 2.03. The Balaban J connectivity index is 2.37. The number of aliphatic hydroxyl groups is 1. The molecule has 0 amide bonds. The zero-order valence-electron chi connectivity index (χ0n) is 7.18. The number of rotatable bonds is 4. The summed E-state index contributed by atoms with van der Waals surface area (Å²) in [6.07, 6.45) is -0.285.